The average Bonchev–Trinajstić information content (AvgIpc) is 2.36. The Balaban J connectivity index is 2.27. The van der Waals surface area contributed by atoms with E-state index in [4.69, 9.17) is 9.47 Å². The summed E-state index contributed by atoms with van der Waals surface area (Å²) >= 11 is 0. The van der Waals surface area contributed by atoms with Crippen molar-refractivity contribution in [3.05, 3.63) is 0 Å². The highest BCUT2D eigenvalue weighted by molar-refractivity contribution is 4.91. The van der Waals surface area contributed by atoms with Gasteiger partial charge in [-0.2, -0.15) is 0 Å². The predicted molar refractivity (Wildman–Crippen MR) is 63.9 cm³/mol. The molecule has 0 unspecified atom stereocenters. The summed E-state index contributed by atoms with van der Waals surface area (Å²) in [5.74, 6) is -1.94. The molecule has 6 nitrogen and oxygen atoms in total. The molecule has 0 aromatic rings. The van der Waals surface area contributed by atoms with Crippen molar-refractivity contribution in [1.29, 1.82) is 0 Å². The highest BCUT2D eigenvalue weighted by Gasteiger charge is 2.48. The number of hydrogen-bond donors (Lipinski definition) is 4. The van der Waals surface area contributed by atoms with Crippen molar-refractivity contribution in [2.75, 3.05) is 19.8 Å². The van der Waals surface area contributed by atoms with E-state index < -0.39 is 24.1 Å². The fourth-order valence-electron chi connectivity index (χ4n) is 1.87. The summed E-state index contributed by atoms with van der Waals surface area (Å²) in [4.78, 5) is 0. The fraction of sp³-hybridized carbons (Fsp3) is 1.00. The lowest BCUT2D eigenvalue weighted by molar-refractivity contribution is -0.335. The Morgan fingerprint density at radius 2 is 1.94 bits per heavy atom. The standard InChI is InChI=1S/C12H24O6/c1-2-3-4-5-6-17-8-12(16)11(15)10(14)9(13)7-18-12/h9-11,13-16H,2-8H2,1H3/t9-,10+,11-,12+/m1/s1. The van der Waals surface area contributed by atoms with Gasteiger partial charge in [0, 0.05) is 6.61 Å². The zero-order chi connectivity index (χ0) is 13.6. The van der Waals surface area contributed by atoms with E-state index in [0.717, 1.165) is 25.7 Å². The van der Waals surface area contributed by atoms with Crippen LogP contribution in [-0.4, -0.2) is 64.3 Å². The van der Waals surface area contributed by atoms with Gasteiger partial charge in [0.05, 0.1) is 6.61 Å². The Morgan fingerprint density at radius 1 is 1.22 bits per heavy atom. The van der Waals surface area contributed by atoms with Crippen LogP contribution in [-0.2, 0) is 9.47 Å². The van der Waals surface area contributed by atoms with Gasteiger partial charge in [-0.1, -0.05) is 26.2 Å². The SMILES string of the molecule is CCCCCCOC[C@]1(O)OC[C@@H](O)[C@H](O)[C@H]1O. The third-order valence-corrected chi connectivity index (χ3v) is 3.14. The molecule has 0 radical (unpaired) electrons. The minimum absolute atomic E-state index is 0.218. The molecule has 18 heavy (non-hydrogen) atoms. The molecule has 4 atom stereocenters. The molecule has 0 saturated carbocycles. The summed E-state index contributed by atoms with van der Waals surface area (Å²) in [7, 11) is 0. The first-order valence-electron chi connectivity index (χ1n) is 6.49. The Kier molecular flexibility index (Phi) is 6.48. The molecule has 1 aliphatic rings. The largest absolute Gasteiger partial charge is 0.388 e. The van der Waals surface area contributed by atoms with Crippen LogP contribution in [0.1, 0.15) is 32.6 Å². The summed E-state index contributed by atoms with van der Waals surface area (Å²) in [6.45, 7) is 2.14. The molecular formula is C12H24O6. The van der Waals surface area contributed by atoms with Crippen LogP contribution < -0.4 is 0 Å². The number of rotatable bonds is 7. The molecule has 1 rings (SSSR count). The van der Waals surface area contributed by atoms with Gasteiger partial charge in [-0.25, -0.2) is 0 Å². The van der Waals surface area contributed by atoms with Crippen LogP contribution in [0.4, 0.5) is 0 Å². The van der Waals surface area contributed by atoms with Crippen LogP contribution in [0.2, 0.25) is 0 Å². The number of aliphatic hydroxyl groups excluding tert-OH is 3. The van der Waals surface area contributed by atoms with E-state index in [1.807, 2.05) is 0 Å². The first-order valence-corrected chi connectivity index (χ1v) is 6.49. The lowest BCUT2D eigenvalue weighted by Gasteiger charge is -2.41. The van der Waals surface area contributed by atoms with Crippen molar-refractivity contribution in [1.82, 2.24) is 0 Å². The molecule has 6 heteroatoms. The van der Waals surface area contributed by atoms with Gasteiger partial charge in [0.2, 0.25) is 5.79 Å². The second-order valence-electron chi connectivity index (χ2n) is 4.77. The van der Waals surface area contributed by atoms with Crippen LogP contribution in [0.25, 0.3) is 0 Å². The number of unbranched alkanes of at least 4 members (excludes halogenated alkanes) is 3. The number of ether oxygens (including phenoxy) is 2. The summed E-state index contributed by atoms with van der Waals surface area (Å²) in [5, 5.41) is 38.3. The van der Waals surface area contributed by atoms with Crippen LogP contribution in [0.5, 0.6) is 0 Å². The van der Waals surface area contributed by atoms with E-state index in [2.05, 4.69) is 6.92 Å². The van der Waals surface area contributed by atoms with E-state index in [0.29, 0.717) is 6.61 Å². The maximum atomic E-state index is 9.96. The highest BCUT2D eigenvalue weighted by atomic mass is 16.7. The molecular weight excluding hydrogens is 240 g/mol. The first-order chi connectivity index (χ1) is 8.51. The third-order valence-electron chi connectivity index (χ3n) is 3.14. The van der Waals surface area contributed by atoms with E-state index in [-0.39, 0.29) is 13.2 Å². The number of hydrogen-bond acceptors (Lipinski definition) is 6. The van der Waals surface area contributed by atoms with Gasteiger partial charge in [-0.05, 0) is 6.42 Å². The van der Waals surface area contributed by atoms with E-state index >= 15 is 0 Å². The normalized spacial score (nSPS) is 36.8. The van der Waals surface area contributed by atoms with E-state index in [9.17, 15) is 20.4 Å². The van der Waals surface area contributed by atoms with Gasteiger partial charge in [-0.15, -0.1) is 0 Å². The van der Waals surface area contributed by atoms with Gasteiger partial charge in [0.25, 0.3) is 0 Å². The minimum atomic E-state index is -1.94. The molecule has 1 heterocycles. The Bertz CT molecular complexity index is 237. The molecule has 1 aliphatic heterocycles. The van der Waals surface area contributed by atoms with Crippen LogP contribution in [0.3, 0.4) is 0 Å². The van der Waals surface area contributed by atoms with Gasteiger partial charge >= 0.3 is 0 Å². The molecule has 1 saturated heterocycles. The molecule has 0 aromatic heterocycles. The Morgan fingerprint density at radius 3 is 2.61 bits per heavy atom. The summed E-state index contributed by atoms with van der Waals surface area (Å²) < 4.78 is 10.2. The smallest absolute Gasteiger partial charge is 0.219 e. The van der Waals surface area contributed by atoms with Crippen LogP contribution in [0, 0.1) is 0 Å². The molecule has 0 aromatic carbocycles. The summed E-state index contributed by atoms with van der Waals surface area (Å²) in [6, 6.07) is 0. The lowest BCUT2D eigenvalue weighted by atomic mass is 9.97. The van der Waals surface area contributed by atoms with Crippen LogP contribution >= 0.6 is 0 Å². The van der Waals surface area contributed by atoms with Crippen molar-refractivity contribution in [3.63, 3.8) is 0 Å². The first kappa shape index (κ1) is 15.8. The maximum Gasteiger partial charge on any atom is 0.219 e. The van der Waals surface area contributed by atoms with Crippen molar-refractivity contribution < 1.29 is 29.9 Å². The zero-order valence-corrected chi connectivity index (χ0v) is 10.8. The second kappa shape index (κ2) is 7.37. The average molecular weight is 264 g/mol. The monoisotopic (exact) mass is 264 g/mol. The van der Waals surface area contributed by atoms with Crippen molar-refractivity contribution in [2.24, 2.45) is 0 Å². The van der Waals surface area contributed by atoms with Crippen LogP contribution in [0.15, 0.2) is 0 Å². The lowest BCUT2D eigenvalue weighted by Crippen LogP contribution is -2.62. The Hall–Kier alpha value is -0.240. The molecule has 108 valence electrons. The molecule has 1 fully saturated rings. The van der Waals surface area contributed by atoms with Crippen molar-refractivity contribution in [3.8, 4) is 0 Å². The molecule has 0 amide bonds. The molecule has 4 N–H and O–H groups in total. The Labute approximate surface area is 107 Å². The molecule has 0 bridgehead atoms. The third kappa shape index (κ3) is 4.15. The van der Waals surface area contributed by atoms with E-state index in [1.54, 1.807) is 0 Å². The molecule has 0 spiro atoms. The second-order valence-corrected chi connectivity index (χ2v) is 4.77. The van der Waals surface area contributed by atoms with Gasteiger partial charge in [0.1, 0.15) is 24.9 Å². The summed E-state index contributed by atoms with van der Waals surface area (Å²) in [5.41, 5.74) is 0. The summed E-state index contributed by atoms with van der Waals surface area (Å²) in [6.07, 6.45) is 0.0208. The zero-order valence-electron chi connectivity index (χ0n) is 10.8. The molecule has 0 aliphatic carbocycles. The maximum absolute atomic E-state index is 9.96. The predicted octanol–water partition coefficient (Wildman–Crippen LogP) is -0.615. The van der Waals surface area contributed by atoms with Gasteiger partial charge in [-0.3, -0.25) is 0 Å². The van der Waals surface area contributed by atoms with Gasteiger partial charge in [0.15, 0.2) is 0 Å². The van der Waals surface area contributed by atoms with E-state index in [1.165, 1.54) is 0 Å². The topological polar surface area (TPSA) is 99.4 Å². The quantitative estimate of drug-likeness (QED) is 0.458. The highest BCUT2D eigenvalue weighted by Crippen LogP contribution is 2.24. The van der Waals surface area contributed by atoms with Gasteiger partial charge < -0.3 is 29.9 Å². The van der Waals surface area contributed by atoms with Crippen molar-refractivity contribution in [2.45, 2.75) is 56.7 Å². The fourth-order valence-corrected chi connectivity index (χ4v) is 1.87. The minimum Gasteiger partial charge on any atom is -0.388 e. The number of aliphatic hydroxyl groups is 4. The van der Waals surface area contributed by atoms with Crippen molar-refractivity contribution >= 4 is 0 Å².